The lowest BCUT2D eigenvalue weighted by molar-refractivity contribution is 0.0466. The third-order valence-corrected chi connectivity index (χ3v) is 4.92. The topological polar surface area (TPSA) is 87.3 Å². The van der Waals surface area contributed by atoms with E-state index in [0.29, 0.717) is 0 Å². The van der Waals surface area contributed by atoms with E-state index in [4.69, 9.17) is 38.4 Å². The third-order valence-electron chi connectivity index (χ3n) is 3.51. The van der Waals surface area contributed by atoms with Crippen molar-refractivity contribution in [3.8, 4) is 17.1 Å². The van der Waals surface area contributed by atoms with Crippen molar-refractivity contribution in [1.29, 1.82) is 0 Å². The van der Waals surface area contributed by atoms with Crippen LogP contribution in [0.2, 0.25) is 10.0 Å². The van der Waals surface area contributed by atoms with Gasteiger partial charge in [-0.05, 0) is 29.0 Å². The number of benzene rings is 1. The van der Waals surface area contributed by atoms with E-state index in [1.54, 1.807) is 0 Å². The van der Waals surface area contributed by atoms with Crippen molar-refractivity contribution in [2.75, 3.05) is 12.8 Å². The van der Waals surface area contributed by atoms with Gasteiger partial charge in [0.15, 0.2) is 23.1 Å². The molecule has 0 aliphatic rings. The van der Waals surface area contributed by atoms with Crippen LogP contribution in [-0.4, -0.2) is 23.0 Å². The van der Waals surface area contributed by atoms with E-state index in [1.165, 1.54) is 30.6 Å². The van der Waals surface area contributed by atoms with Gasteiger partial charge >= 0.3 is 5.97 Å². The molecular formula is C17H12Cl2FN3O3S. The number of hydrogen-bond acceptors (Lipinski definition) is 7. The van der Waals surface area contributed by atoms with Crippen molar-refractivity contribution in [2.45, 2.75) is 6.61 Å². The number of nitrogen functional groups attached to an aromatic ring is 1. The highest BCUT2D eigenvalue weighted by Crippen LogP contribution is 2.35. The molecule has 140 valence electrons. The minimum atomic E-state index is -0.803. The first-order valence-electron chi connectivity index (χ1n) is 7.46. The van der Waals surface area contributed by atoms with Gasteiger partial charge < -0.3 is 15.2 Å². The van der Waals surface area contributed by atoms with Crippen LogP contribution in [0.3, 0.4) is 0 Å². The van der Waals surface area contributed by atoms with E-state index in [0.717, 1.165) is 5.56 Å². The maximum Gasteiger partial charge on any atom is 0.359 e. The zero-order chi connectivity index (χ0) is 19.6. The molecule has 6 nitrogen and oxygen atoms in total. The molecule has 3 rings (SSSR count). The molecule has 3 aromatic rings. The SMILES string of the molecule is COc1c(Cl)ccc(-c2nc(N)c(Cl)c(C(=O)OCc3ccsc3)n2)c1F. The number of aromatic nitrogens is 2. The summed E-state index contributed by atoms with van der Waals surface area (Å²) in [7, 11) is 1.28. The van der Waals surface area contributed by atoms with E-state index in [2.05, 4.69) is 9.97 Å². The third kappa shape index (κ3) is 3.97. The summed E-state index contributed by atoms with van der Waals surface area (Å²) in [5.74, 6) is -2.09. The van der Waals surface area contributed by atoms with Gasteiger partial charge in [-0.25, -0.2) is 19.2 Å². The van der Waals surface area contributed by atoms with E-state index in [9.17, 15) is 9.18 Å². The molecule has 0 saturated carbocycles. The van der Waals surface area contributed by atoms with E-state index in [-0.39, 0.29) is 45.3 Å². The van der Waals surface area contributed by atoms with Gasteiger partial charge in [0, 0.05) is 5.56 Å². The number of methoxy groups -OCH3 is 1. The van der Waals surface area contributed by atoms with Gasteiger partial charge in [0.2, 0.25) is 0 Å². The number of carbonyl (C=O) groups is 1. The number of rotatable bonds is 5. The molecule has 0 fully saturated rings. The summed E-state index contributed by atoms with van der Waals surface area (Å²) >= 11 is 13.4. The molecule has 0 unspecified atom stereocenters. The Morgan fingerprint density at radius 1 is 1.30 bits per heavy atom. The predicted molar refractivity (Wildman–Crippen MR) is 102 cm³/mol. The molecule has 27 heavy (non-hydrogen) atoms. The highest BCUT2D eigenvalue weighted by atomic mass is 35.5. The van der Waals surface area contributed by atoms with Gasteiger partial charge in [0.25, 0.3) is 0 Å². The Bertz CT molecular complexity index is 1000. The maximum absolute atomic E-state index is 14.6. The largest absolute Gasteiger partial charge is 0.492 e. The van der Waals surface area contributed by atoms with Crippen LogP contribution in [-0.2, 0) is 11.3 Å². The minimum Gasteiger partial charge on any atom is -0.492 e. The summed E-state index contributed by atoms with van der Waals surface area (Å²) in [6.45, 7) is 0.0427. The fourth-order valence-corrected chi connectivity index (χ4v) is 3.24. The summed E-state index contributed by atoms with van der Waals surface area (Å²) in [6, 6.07) is 4.58. The number of esters is 1. The molecule has 0 spiro atoms. The minimum absolute atomic E-state index is 0.0427. The van der Waals surface area contributed by atoms with Crippen molar-refractivity contribution in [3.63, 3.8) is 0 Å². The van der Waals surface area contributed by atoms with Crippen LogP contribution in [0.5, 0.6) is 5.75 Å². The van der Waals surface area contributed by atoms with Gasteiger partial charge in [-0.15, -0.1) is 0 Å². The Balaban J connectivity index is 1.98. The molecule has 2 heterocycles. The van der Waals surface area contributed by atoms with Gasteiger partial charge in [-0.3, -0.25) is 0 Å². The number of hydrogen-bond donors (Lipinski definition) is 1. The highest BCUT2D eigenvalue weighted by molar-refractivity contribution is 7.07. The number of halogens is 3. The normalized spacial score (nSPS) is 10.7. The van der Waals surface area contributed by atoms with Crippen molar-refractivity contribution in [2.24, 2.45) is 0 Å². The van der Waals surface area contributed by atoms with Crippen LogP contribution in [0.15, 0.2) is 29.0 Å². The van der Waals surface area contributed by atoms with Crippen LogP contribution in [0.1, 0.15) is 16.1 Å². The second kappa shape index (κ2) is 8.08. The van der Waals surface area contributed by atoms with E-state index < -0.39 is 11.8 Å². The molecule has 0 saturated heterocycles. The standard InChI is InChI=1S/C17H12Cl2FN3O3S/c1-25-14-10(18)3-2-9(12(14)20)16-22-13(11(19)15(21)23-16)17(24)26-6-8-4-5-27-7-8/h2-5,7H,6H2,1H3,(H2,21,22,23). The molecule has 10 heteroatoms. The molecule has 2 N–H and O–H groups in total. The van der Waals surface area contributed by atoms with Gasteiger partial charge in [-0.2, -0.15) is 11.3 Å². The number of nitrogens with two attached hydrogens (primary N) is 1. The Hall–Kier alpha value is -2.42. The second-order valence-electron chi connectivity index (χ2n) is 5.24. The summed E-state index contributed by atoms with van der Waals surface area (Å²) in [4.78, 5) is 20.4. The molecule has 0 atom stereocenters. The number of ether oxygens (including phenoxy) is 2. The number of anilines is 1. The fourth-order valence-electron chi connectivity index (χ4n) is 2.20. The maximum atomic E-state index is 14.6. The Morgan fingerprint density at radius 2 is 2.07 bits per heavy atom. The highest BCUT2D eigenvalue weighted by Gasteiger charge is 2.23. The summed E-state index contributed by atoms with van der Waals surface area (Å²) in [6.07, 6.45) is 0. The van der Waals surface area contributed by atoms with E-state index >= 15 is 0 Å². The molecule has 0 aliphatic carbocycles. The van der Waals surface area contributed by atoms with Crippen LogP contribution in [0, 0.1) is 5.82 Å². The first-order chi connectivity index (χ1) is 12.9. The number of carbonyl (C=O) groups excluding carboxylic acids is 1. The molecular weight excluding hydrogens is 416 g/mol. The van der Waals surface area contributed by atoms with Gasteiger partial charge in [0.1, 0.15) is 17.4 Å². The molecule has 1 aromatic carbocycles. The molecule has 0 amide bonds. The second-order valence-corrected chi connectivity index (χ2v) is 6.81. The van der Waals surface area contributed by atoms with Crippen LogP contribution in [0.25, 0.3) is 11.4 Å². The van der Waals surface area contributed by atoms with Gasteiger partial charge in [-0.1, -0.05) is 23.2 Å². The lowest BCUT2D eigenvalue weighted by atomic mass is 10.1. The Kier molecular flexibility index (Phi) is 5.79. The van der Waals surface area contributed by atoms with Crippen molar-refractivity contribution < 1.29 is 18.7 Å². The molecule has 2 aromatic heterocycles. The molecule has 0 aliphatic heterocycles. The van der Waals surface area contributed by atoms with Crippen LogP contribution in [0.4, 0.5) is 10.2 Å². The lowest BCUT2D eigenvalue weighted by Gasteiger charge is -2.11. The molecule has 0 radical (unpaired) electrons. The Morgan fingerprint density at radius 3 is 2.74 bits per heavy atom. The summed E-state index contributed by atoms with van der Waals surface area (Å²) in [5, 5.41) is 3.60. The first-order valence-corrected chi connectivity index (χ1v) is 9.15. The van der Waals surface area contributed by atoms with Crippen molar-refractivity contribution >= 4 is 46.3 Å². The summed E-state index contributed by atoms with van der Waals surface area (Å²) in [5.41, 5.74) is 6.28. The average Bonchev–Trinajstić information content (AvgIpc) is 3.16. The average molecular weight is 428 g/mol. The predicted octanol–water partition coefficient (Wildman–Crippen LogP) is 4.60. The summed E-state index contributed by atoms with van der Waals surface area (Å²) < 4.78 is 24.8. The quantitative estimate of drug-likeness (QED) is 0.598. The van der Waals surface area contributed by atoms with Crippen molar-refractivity contribution in [3.05, 3.63) is 56.1 Å². The fraction of sp³-hybridized carbons (Fsp3) is 0.118. The number of nitrogens with zero attached hydrogens (tertiary/aromatic N) is 2. The smallest absolute Gasteiger partial charge is 0.359 e. The number of thiophene rings is 1. The first kappa shape index (κ1) is 19.3. The lowest BCUT2D eigenvalue weighted by Crippen LogP contribution is -2.12. The van der Waals surface area contributed by atoms with Crippen LogP contribution >= 0.6 is 34.5 Å². The van der Waals surface area contributed by atoms with Gasteiger partial charge in [0.05, 0.1) is 17.7 Å². The van der Waals surface area contributed by atoms with E-state index in [1.807, 2.05) is 16.8 Å². The van der Waals surface area contributed by atoms with Crippen molar-refractivity contribution in [1.82, 2.24) is 9.97 Å². The monoisotopic (exact) mass is 427 g/mol. The molecule has 0 bridgehead atoms. The zero-order valence-electron chi connectivity index (χ0n) is 13.8. The Labute approximate surface area is 167 Å². The zero-order valence-corrected chi connectivity index (χ0v) is 16.2. The van der Waals surface area contributed by atoms with Crippen LogP contribution < -0.4 is 10.5 Å².